The third-order valence-electron chi connectivity index (χ3n) is 6.60. The SMILES string of the molecule is CCCCCCCCCCCC(=O)O[C@@H](CO)COC(=O)CCCCCCCCCCCCNC(C)=O. The zero-order valence-electron chi connectivity index (χ0n) is 24.0. The summed E-state index contributed by atoms with van der Waals surface area (Å²) >= 11 is 0. The molecule has 0 rings (SSSR count). The monoisotopic (exact) mass is 527 g/mol. The van der Waals surface area contributed by atoms with Crippen LogP contribution in [0.3, 0.4) is 0 Å². The highest BCUT2D eigenvalue weighted by Crippen LogP contribution is 2.13. The minimum Gasteiger partial charge on any atom is -0.462 e. The van der Waals surface area contributed by atoms with Crippen LogP contribution >= 0.6 is 0 Å². The maximum absolute atomic E-state index is 12.0. The van der Waals surface area contributed by atoms with Crippen molar-refractivity contribution in [2.45, 2.75) is 155 Å². The van der Waals surface area contributed by atoms with Crippen molar-refractivity contribution in [3.63, 3.8) is 0 Å². The highest BCUT2D eigenvalue weighted by atomic mass is 16.6. The van der Waals surface area contributed by atoms with Gasteiger partial charge in [0.25, 0.3) is 0 Å². The Kier molecular flexibility index (Phi) is 26.2. The lowest BCUT2D eigenvalue weighted by Gasteiger charge is -2.15. The molecule has 0 aromatic heterocycles. The predicted molar refractivity (Wildman–Crippen MR) is 149 cm³/mol. The van der Waals surface area contributed by atoms with Crippen molar-refractivity contribution < 1.29 is 29.0 Å². The third-order valence-corrected chi connectivity index (χ3v) is 6.60. The molecule has 0 aliphatic heterocycles. The van der Waals surface area contributed by atoms with E-state index in [9.17, 15) is 19.5 Å². The fourth-order valence-corrected chi connectivity index (χ4v) is 4.28. The molecule has 0 aliphatic rings. The zero-order chi connectivity index (χ0) is 27.4. The number of carbonyl (C=O) groups is 3. The molecule has 0 heterocycles. The highest BCUT2D eigenvalue weighted by Gasteiger charge is 2.16. The van der Waals surface area contributed by atoms with Gasteiger partial charge in [0, 0.05) is 26.3 Å². The maximum Gasteiger partial charge on any atom is 0.306 e. The Hall–Kier alpha value is -1.63. The summed E-state index contributed by atoms with van der Waals surface area (Å²) in [5, 5.41) is 12.3. The van der Waals surface area contributed by atoms with E-state index >= 15 is 0 Å². The van der Waals surface area contributed by atoms with Crippen LogP contribution in [0.5, 0.6) is 0 Å². The van der Waals surface area contributed by atoms with Gasteiger partial charge >= 0.3 is 11.9 Å². The van der Waals surface area contributed by atoms with Gasteiger partial charge in [0.2, 0.25) is 5.91 Å². The lowest BCUT2D eigenvalue weighted by Crippen LogP contribution is -2.28. The van der Waals surface area contributed by atoms with Crippen LogP contribution in [0.1, 0.15) is 149 Å². The molecule has 0 saturated heterocycles. The molecule has 0 spiro atoms. The number of ether oxygens (including phenoxy) is 2. The van der Waals surface area contributed by atoms with Crippen LogP contribution in [-0.2, 0) is 23.9 Å². The first-order chi connectivity index (χ1) is 18.0. The lowest BCUT2D eigenvalue weighted by molar-refractivity contribution is -0.161. The number of hydrogen-bond donors (Lipinski definition) is 2. The van der Waals surface area contributed by atoms with E-state index < -0.39 is 6.10 Å². The van der Waals surface area contributed by atoms with E-state index in [1.165, 1.54) is 70.6 Å². The fourth-order valence-electron chi connectivity index (χ4n) is 4.28. The van der Waals surface area contributed by atoms with E-state index in [1.54, 1.807) is 6.92 Å². The standard InChI is InChI=1S/C30H57NO6/c1-3-4-5-6-7-10-14-17-20-23-30(35)37-28(25-32)26-36-29(34)22-19-16-13-11-8-9-12-15-18-21-24-31-27(2)33/h28,32H,3-26H2,1-2H3,(H,31,33)/t28-/m0/s1. The molecule has 0 radical (unpaired) electrons. The van der Waals surface area contributed by atoms with Gasteiger partial charge in [-0.3, -0.25) is 14.4 Å². The molecule has 1 amide bonds. The molecule has 2 N–H and O–H groups in total. The normalized spacial score (nSPS) is 11.8. The van der Waals surface area contributed by atoms with E-state index in [0.717, 1.165) is 57.9 Å². The number of hydrogen-bond acceptors (Lipinski definition) is 6. The summed E-state index contributed by atoms with van der Waals surface area (Å²) in [5.74, 6) is -0.585. The van der Waals surface area contributed by atoms with Gasteiger partial charge in [-0.25, -0.2) is 0 Å². The van der Waals surface area contributed by atoms with Gasteiger partial charge in [-0.1, -0.05) is 110 Å². The minimum absolute atomic E-state index is 0.0444. The van der Waals surface area contributed by atoms with Gasteiger partial charge in [0.1, 0.15) is 6.61 Å². The molecule has 7 heteroatoms. The number of aliphatic hydroxyl groups excluding tert-OH is 1. The number of carbonyl (C=O) groups excluding carboxylic acids is 3. The Balaban J connectivity index is 3.55. The van der Waals surface area contributed by atoms with Crippen LogP contribution < -0.4 is 5.32 Å². The Morgan fingerprint density at radius 1 is 0.649 bits per heavy atom. The molecule has 218 valence electrons. The number of unbranched alkanes of at least 4 members (excludes halogenated alkanes) is 17. The first-order valence-electron chi connectivity index (χ1n) is 15.2. The van der Waals surface area contributed by atoms with Crippen molar-refractivity contribution >= 4 is 17.8 Å². The van der Waals surface area contributed by atoms with Crippen LogP contribution in [0, 0.1) is 0 Å². The Labute approximate surface area is 226 Å². The summed E-state index contributed by atoms with van der Waals surface area (Å²) in [7, 11) is 0. The van der Waals surface area contributed by atoms with E-state index in [1.807, 2.05) is 0 Å². The van der Waals surface area contributed by atoms with Gasteiger partial charge in [-0.2, -0.15) is 0 Å². The fraction of sp³-hybridized carbons (Fsp3) is 0.900. The number of aliphatic hydroxyl groups is 1. The molecule has 0 unspecified atom stereocenters. The second-order valence-corrected chi connectivity index (χ2v) is 10.3. The summed E-state index contributed by atoms with van der Waals surface area (Å²) in [6.07, 6.45) is 21.8. The largest absolute Gasteiger partial charge is 0.462 e. The summed E-state index contributed by atoms with van der Waals surface area (Å²) in [5.41, 5.74) is 0. The Morgan fingerprint density at radius 3 is 1.54 bits per heavy atom. The molecule has 0 bridgehead atoms. The predicted octanol–water partition coefficient (Wildman–Crippen LogP) is 6.78. The Morgan fingerprint density at radius 2 is 1.08 bits per heavy atom. The second-order valence-electron chi connectivity index (χ2n) is 10.3. The van der Waals surface area contributed by atoms with Crippen LogP contribution in [0.2, 0.25) is 0 Å². The summed E-state index contributed by atoms with van der Waals surface area (Å²) < 4.78 is 10.5. The number of amides is 1. The molecular formula is C30H57NO6. The van der Waals surface area contributed by atoms with Gasteiger partial charge in [0.15, 0.2) is 6.10 Å². The summed E-state index contributed by atoms with van der Waals surface area (Å²) in [6, 6.07) is 0. The van der Waals surface area contributed by atoms with Gasteiger partial charge in [0.05, 0.1) is 6.61 Å². The van der Waals surface area contributed by atoms with Crippen molar-refractivity contribution in [3.05, 3.63) is 0 Å². The van der Waals surface area contributed by atoms with E-state index in [0.29, 0.717) is 12.8 Å². The number of esters is 2. The summed E-state index contributed by atoms with van der Waals surface area (Å²) in [4.78, 5) is 34.7. The van der Waals surface area contributed by atoms with E-state index in [4.69, 9.17) is 9.47 Å². The molecular weight excluding hydrogens is 470 g/mol. The molecule has 0 fully saturated rings. The van der Waals surface area contributed by atoms with Crippen molar-refractivity contribution in [2.24, 2.45) is 0 Å². The molecule has 0 aromatic carbocycles. The molecule has 37 heavy (non-hydrogen) atoms. The van der Waals surface area contributed by atoms with Crippen LogP contribution in [0.25, 0.3) is 0 Å². The number of rotatable bonds is 27. The first kappa shape index (κ1) is 35.4. The minimum atomic E-state index is -0.777. The zero-order valence-corrected chi connectivity index (χ0v) is 24.0. The molecule has 0 aromatic rings. The van der Waals surface area contributed by atoms with Crippen LogP contribution in [0.15, 0.2) is 0 Å². The second kappa shape index (κ2) is 27.4. The van der Waals surface area contributed by atoms with Crippen molar-refractivity contribution in [1.82, 2.24) is 5.32 Å². The van der Waals surface area contributed by atoms with Gasteiger partial charge < -0.3 is 19.9 Å². The van der Waals surface area contributed by atoms with Crippen molar-refractivity contribution in [2.75, 3.05) is 19.8 Å². The first-order valence-corrected chi connectivity index (χ1v) is 15.2. The molecule has 1 atom stereocenters. The number of nitrogens with one attached hydrogen (secondary N) is 1. The van der Waals surface area contributed by atoms with E-state index in [-0.39, 0.29) is 31.1 Å². The van der Waals surface area contributed by atoms with Crippen molar-refractivity contribution in [3.8, 4) is 0 Å². The van der Waals surface area contributed by atoms with Gasteiger partial charge in [-0.05, 0) is 19.3 Å². The third kappa shape index (κ3) is 27.2. The highest BCUT2D eigenvalue weighted by molar-refractivity contribution is 5.72. The van der Waals surface area contributed by atoms with E-state index in [2.05, 4.69) is 12.2 Å². The quantitative estimate of drug-likeness (QED) is 0.0901. The van der Waals surface area contributed by atoms with Crippen molar-refractivity contribution in [1.29, 1.82) is 0 Å². The van der Waals surface area contributed by atoms with Crippen LogP contribution in [0.4, 0.5) is 0 Å². The smallest absolute Gasteiger partial charge is 0.306 e. The van der Waals surface area contributed by atoms with Gasteiger partial charge in [-0.15, -0.1) is 0 Å². The summed E-state index contributed by atoms with van der Waals surface area (Å²) in [6.45, 7) is 4.13. The average molecular weight is 528 g/mol. The van der Waals surface area contributed by atoms with Crippen LogP contribution in [-0.4, -0.2) is 48.8 Å². The molecule has 0 saturated carbocycles. The maximum atomic E-state index is 12.0. The molecule has 7 nitrogen and oxygen atoms in total. The average Bonchev–Trinajstić information content (AvgIpc) is 2.88. The topological polar surface area (TPSA) is 102 Å². The molecule has 0 aliphatic carbocycles. The Bertz CT molecular complexity index is 554. The lowest BCUT2D eigenvalue weighted by atomic mass is 10.1.